The van der Waals surface area contributed by atoms with E-state index in [-0.39, 0.29) is 5.91 Å². The molecule has 4 nitrogen and oxygen atoms in total. The molecule has 0 atom stereocenters. The number of pyridine rings is 1. The Bertz CT molecular complexity index is 1210. The highest BCUT2D eigenvalue weighted by Crippen LogP contribution is 2.16. The Morgan fingerprint density at radius 2 is 1.65 bits per heavy atom. The number of hydrogen-bond donors (Lipinski definition) is 1. The molecular weight excluding hydrogens is 384 g/mol. The lowest BCUT2D eigenvalue weighted by Gasteiger charge is -2.08. The number of carbonyl (C=O) groups excluding carboxylic acids is 1. The Morgan fingerprint density at radius 1 is 0.839 bits per heavy atom. The Kier molecular flexibility index (Phi) is 6.37. The molecule has 1 amide bonds. The zero-order valence-electron chi connectivity index (χ0n) is 16.8. The van der Waals surface area contributed by atoms with Gasteiger partial charge < -0.3 is 10.1 Å². The predicted octanol–water partition coefficient (Wildman–Crippen LogP) is 5.31. The number of nitrogens with zero attached hydrogens (tertiary/aromatic N) is 1. The van der Waals surface area contributed by atoms with Gasteiger partial charge in [-0.05, 0) is 66.1 Å². The van der Waals surface area contributed by atoms with Crippen LogP contribution >= 0.6 is 0 Å². The minimum absolute atomic E-state index is 0.190. The fraction of sp³-hybridized carbons (Fsp3) is 0.0370. The lowest BCUT2D eigenvalue weighted by Crippen LogP contribution is -2.11. The second kappa shape index (κ2) is 9.91. The van der Waals surface area contributed by atoms with Crippen molar-refractivity contribution < 1.29 is 9.53 Å². The van der Waals surface area contributed by atoms with Crippen LogP contribution in [0.15, 0.2) is 103 Å². The van der Waals surface area contributed by atoms with Crippen LogP contribution < -0.4 is 10.1 Å². The second-order valence-corrected chi connectivity index (χ2v) is 6.80. The van der Waals surface area contributed by atoms with Crippen molar-refractivity contribution in [2.45, 2.75) is 6.61 Å². The molecule has 4 rings (SSSR count). The van der Waals surface area contributed by atoms with Crippen LogP contribution in [0.1, 0.15) is 27.2 Å². The van der Waals surface area contributed by atoms with E-state index in [1.54, 1.807) is 30.5 Å². The summed E-state index contributed by atoms with van der Waals surface area (Å²) in [5.41, 5.74) is 3.83. The molecule has 0 saturated carbocycles. The molecule has 31 heavy (non-hydrogen) atoms. The van der Waals surface area contributed by atoms with Crippen LogP contribution in [-0.2, 0) is 6.61 Å². The Morgan fingerprint density at radius 3 is 2.42 bits per heavy atom. The zero-order valence-corrected chi connectivity index (χ0v) is 16.8. The van der Waals surface area contributed by atoms with Gasteiger partial charge in [0.15, 0.2) is 0 Å². The summed E-state index contributed by atoms with van der Waals surface area (Å²) in [6.07, 6.45) is 1.71. The van der Waals surface area contributed by atoms with E-state index in [0.717, 1.165) is 11.1 Å². The first-order valence-corrected chi connectivity index (χ1v) is 9.87. The monoisotopic (exact) mass is 404 g/mol. The first-order valence-electron chi connectivity index (χ1n) is 9.87. The van der Waals surface area contributed by atoms with Crippen molar-refractivity contribution in [3.8, 4) is 17.6 Å². The maximum Gasteiger partial charge on any atom is 0.255 e. The van der Waals surface area contributed by atoms with Gasteiger partial charge >= 0.3 is 0 Å². The molecule has 4 heteroatoms. The maximum absolute atomic E-state index is 12.6. The van der Waals surface area contributed by atoms with Crippen LogP contribution in [0.25, 0.3) is 0 Å². The number of ether oxygens (including phenoxy) is 1. The SMILES string of the molecule is O=C(Nc1cccc(C#Cc2ccccn2)c1)c1ccc(OCc2ccccc2)cc1. The quantitative estimate of drug-likeness (QED) is 0.459. The van der Waals surface area contributed by atoms with Gasteiger partial charge in [-0.1, -0.05) is 48.4 Å². The van der Waals surface area contributed by atoms with E-state index >= 15 is 0 Å². The number of carbonyl (C=O) groups is 1. The molecule has 0 aliphatic heterocycles. The normalized spacial score (nSPS) is 9.94. The third-order valence-electron chi connectivity index (χ3n) is 4.49. The molecule has 1 N–H and O–H groups in total. The minimum Gasteiger partial charge on any atom is -0.489 e. The molecule has 0 radical (unpaired) electrons. The summed E-state index contributed by atoms with van der Waals surface area (Å²) in [5.74, 6) is 6.61. The van der Waals surface area contributed by atoms with E-state index in [4.69, 9.17) is 4.74 Å². The van der Waals surface area contributed by atoms with Crippen molar-refractivity contribution in [1.82, 2.24) is 4.98 Å². The standard InChI is InChI=1S/C27H20N2O2/c30-27(23-13-16-26(17-14-23)31-20-22-7-2-1-3-8-22)29-25-11-6-9-21(19-25)12-15-24-10-4-5-18-28-24/h1-11,13-14,16-19H,20H2,(H,29,30). The summed E-state index contributed by atoms with van der Waals surface area (Å²) in [7, 11) is 0. The lowest BCUT2D eigenvalue weighted by atomic mass is 10.1. The van der Waals surface area contributed by atoms with Gasteiger partial charge in [-0.25, -0.2) is 4.98 Å². The van der Waals surface area contributed by atoms with Crippen LogP contribution in [0.4, 0.5) is 5.69 Å². The molecule has 1 heterocycles. The number of benzene rings is 3. The van der Waals surface area contributed by atoms with Crippen molar-refractivity contribution in [3.05, 3.63) is 126 Å². The highest BCUT2D eigenvalue weighted by molar-refractivity contribution is 6.04. The van der Waals surface area contributed by atoms with Crippen LogP contribution in [0, 0.1) is 11.8 Å². The van der Waals surface area contributed by atoms with Gasteiger partial charge in [0.05, 0.1) is 0 Å². The van der Waals surface area contributed by atoms with Crippen molar-refractivity contribution >= 4 is 11.6 Å². The molecule has 0 aliphatic carbocycles. The highest BCUT2D eigenvalue weighted by Gasteiger charge is 2.07. The first kappa shape index (κ1) is 19.9. The molecule has 150 valence electrons. The lowest BCUT2D eigenvalue weighted by molar-refractivity contribution is 0.102. The number of hydrogen-bond acceptors (Lipinski definition) is 3. The van der Waals surface area contributed by atoms with Gasteiger partial charge in [0.25, 0.3) is 5.91 Å². The van der Waals surface area contributed by atoms with Crippen LogP contribution in [0.3, 0.4) is 0 Å². The number of amides is 1. The maximum atomic E-state index is 12.6. The van der Waals surface area contributed by atoms with Crippen molar-refractivity contribution in [2.24, 2.45) is 0 Å². The van der Waals surface area contributed by atoms with Gasteiger partial charge in [-0.15, -0.1) is 0 Å². The van der Waals surface area contributed by atoms with Crippen LogP contribution in [-0.4, -0.2) is 10.9 Å². The Hall–Kier alpha value is -4.36. The molecule has 0 spiro atoms. The fourth-order valence-corrected chi connectivity index (χ4v) is 2.89. The predicted molar refractivity (Wildman–Crippen MR) is 122 cm³/mol. The second-order valence-electron chi connectivity index (χ2n) is 6.80. The van der Waals surface area contributed by atoms with Crippen LogP contribution in [0.2, 0.25) is 0 Å². The molecular formula is C27H20N2O2. The van der Waals surface area contributed by atoms with E-state index in [1.165, 1.54) is 0 Å². The van der Waals surface area contributed by atoms with Crippen molar-refractivity contribution in [3.63, 3.8) is 0 Å². The fourth-order valence-electron chi connectivity index (χ4n) is 2.89. The van der Waals surface area contributed by atoms with Crippen molar-refractivity contribution in [1.29, 1.82) is 0 Å². The number of nitrogens with one attached hydrogen (secondary N) is 1. The first-order chi connectivity index (χ1) is 15.3. The molecule has 0 aliphatic rings. The van der Waals surface area contributed by atoms with Crippen LogP contribution in [0.5, 0.6) is 5.75 Å². The highest BCUT2D eigenvalue weighted by atomic mass is 16.5. The molecule has 0 fully saturated rings. The summed E-state index contributed by atoms with van der Waals surface area (Å²) in [6.45, 7) is 0.485. The topological polar surface area (TPSA) is 51.2 Å². The average Bonchev–Trinajstić information content (AvgIpc) is 2.83. The Balaban J connectivity index is 1.37. The van der Waals surface area contributed by atoms with Gasteiger partial charge in [0.1, 0.15) is 18.1 Å². The van der Waals surface area contributed by atoms with Gasteiger partial charge in [-0.3, -0.25) is 4.79 Å². The number of aromatic nitrogens is 1. The van der Waals surface area contributed by atoms with Gasteiger partial charge in [0, 0.05) is 23.0 Å². The molecule has 0 saturated heterocycles. The molecule has 4 aromatic rings. The molecule has 0 bridgehead atoms. The number of rotatable bonds is 5. The third kappa shape index (κ3) is 5.81. The van der Waals surface area contributed by atoms with Gasteiger partial charge in [-0.2, -0.15) is 0 Å². The summed E-state index contributed by atoms with van der Waals surface area (Å²) >= 11 is 0. The summed E-state index contributed by atoms with van der Waals surface area (Å²) in [4.78, 5) is 16.8. The van der Waals surface area contributed by atoms with E-state index in [9.17, 15) is 4.79 Å². The van der Waals surface area contributed by atoms with E-state index in [1.807, 2.05) is 72.8 Å². The Labute approximate surface area is 181 Å². The van der Waals surface area contributed by atoms with E-state index in [0.29, 0.717) is 29.3 Å². The van der Waals surface area contributed by atoms with E-state index < -0.39 is 0 Å². The third-order valence-corrected chi connectivity index (χ3v) is 4.49. The summed E-state index contributed by atoms with van der Waals surface area (Å²) in [5, 5.41) is 2.91. The largest absolute Gasteiger partial charge is 0.489 e. The smallest absolute Gasteiger partial charge is 0.255 e. The average molecular weight is 404 g/mol. The molecule has 3 aromatic carbocycles. The molecule has 1 aromatic heterocycles. The van der Waals surface area contributed by atoms with Gasteiger partial charge in [0.2, 0.25) is 0 Å². The van der Waals surface area contributed by atoms with Crippen molar-refractivity contribution in [2.75, 3.05) is 5.32 Å². The molecule has 0 unspecified atom stereocenters. The zero-order chi connectivity index (χ0) is 21.3. The summed E-state index contributed by atoms with van der Waals surface area (Å²) in [6, 6.07) is 30.1. The van der Waals surface area contributed by atoms with E-state index in [2.05, 4.69) is 22.1 Å². The minimum atomic E-state index is -0.190. The summed E-state index contributed by atoms with van der Waals surface area (Å²) < 4.78 is 5.77. The number of anilines is 1.